The maximum atomic E-state index is 14.9. The predicted molar refractivity (Wildman–Crippen MR) is 269 cm³/mol. The first-order valence-corrected chi connectivity index (χ1v) is 29.6. The largest absolute Gasteiger partial charge is 0.394 e. The topological polar surface area (TPSA) is 411 Å². The highest BCUT2D eigenvalue weighted by Gasteiger charge is 2.79. The third kappa shape index (κ3) is 10.2. The summed E-state index contributed by atoms with van der Waals surface area (Å²) in [5, 5.41) is 155. The SMILES string of the molecule is C[C@H]1CC[C@@]2(OC1)O[C@H]1C[C@H]3[C@@H]4CCC5C[C@@H](O[C@@H]6O[C@H](CO)[C@H](O[C@@H]7O[C@H](CO)[C@@H](O)[C@H](O[C@@H]8OC[C@@H](O)[C@H](O)[C@H]8O)[C@H]7O[C@@H]7OC[C@H](O)[C@H](O)[C@H]7O)[C@H](O)[C@H]6O[C@@H]6O[C@@H](C)[C@H](O)[C@@H](O)[C@H]6O)CC[C@]5(C)[C@H]4CC(=O)[C@]3(C)[C@@]1(O)[C@@H]2C. The third-order valence-corrected chi connectivity index (χ3v) is 21.8. The molecule has 11 rings (SSSR count). The average molecular weight is 1180 g/mol. The molecule has 82 heavy (non-hydrogen) atoms. The Morgan fingerprint density at radius 1 is 0.549 bits per heavy atom. The molecule has 470 valence electrons. The van der Waals surface area contributed by atoms with Gasteiger partial charge in [-0.05, 0) is 93.8 Å². The molecule has 11 aliphatic rings. The highest BCUT2D eigenvalue weighted by atomic mass is 16.8. The van der Waals surface area contributed by atoms with Crippen LogP contribution in [0.3, 0.4) is 0 Å². The Kier molecular flexibility index (Phi) is 17.9. The fraction of sp³-hybridized carbons (Fsp3) is 0.982. The summed E-state index contributed by atoms with van der Waals surface area (Å²) in [6, 6.07) is 0. The molecule has 27 heteroatoms. The molecule has 7 aliphatic heterocycles. The molecule has 0 aromatic heterocycles. The van der Waals surface area contributed by atoms with Gasteiger partial charge in [-0.1, -0.05) is 20.8 Å². The molecule has 14 N–H and O–H groups in total. The minimum Gasteiger partial charge on any atom is -0.394 e. The smallest absolute Gasteiger partial charge is 0.187 e. The summed E-state index contributed by atoms with van der Waals surface area (Å²) in [5.41, 5.74) is -2.75. The number of aliphatic hydroxyl groups excluding tert-OH is 13. The van der Waals surface area contributed by atoms with Gasteiger partial charge in [0.25, 0.3) is 0 Å². The van der Waals surface area contributed by atoms with E-state index in [0.29, 0.717) is 51.0 Å². The summed E-state index contributed by atoms with van der Waals surface area (Å²) in [5.74, 6) is -0.879. The van der Waals surface area contributed by atoms with E-state index in [2.05, 4.69) is 13.8 Å². The number of carbonyl (C=O) groups excluding carboxylic acids is 1. The van der Waals surface area contributed by atoms with Crippen molar-refractivity contribution in [2.75, 3.05) is 33.0 Å². The Bertz CT molecular complexity index is 2210. The van der Waals surface area contributed by atoms with Crippen molar-refractivity contribution >= 4 is 5.78 Å². The first-order valence-electron chi connectivity index (χ1n) is 29.6. The highest BCUT2D eigenvalue weighted by Crippen LogP contribution is 2.72. The van der Waals surface area contributed by atoms with Crippen LogP contribution in [0.15, 0.2) is 0 Å². The van der Waals surface area contributed by atoms with Crippen molar-refractivity contribution in [3.8, 4) is 0 Å². The number of ether oxygens (including phenoxy) is 12. The highest BCUT2D eigenvalue weighted by molar-refractivity contribution is 5.88. The molecule has 11 fully saturated rings. The second kappa shape index (κ2) is 23.5. The first kappa shape index (κ1) is 62.2. The average Bonchev–Trinajstić information content (AvgIpc) is 1.69. The molecule has 1 unspecified atom stereocenters. The molecule has 0 aromatic carbocycles. The summed E-state index contributed by atoms with van der Waals surface area (Å²) >= 11 is 0. The van der Waals surface area contributed by atoms with E-state index < -0.39 is 203 Å². The normalized spacial score (nSPS) is 57.9. The second-order valence-electron chi connectivity index (χ2n) is 26.2. The van der Waals surface area contributed by atoms with Crippen LogP contribution in [0.25, 0.3) is 0 Å². The molecule has 0 bridgehead atoms. The fourth-order valence-electron chi connectivity index (χ4n) is 16.6. The predicted octanol–water partition coefficient (Wildman–Crippen LogP) is -4.49. The van der Waals surface area contributed by atoms with E-state index in [-0.39, 0.29) is 34.9 Å². The van der Waals surface area contributed by atoms with Gasteiger partial charge < -0.3 is 128 Å². The molecule has 0 aromatic rings. The van der Waals surface area contributed by atoms with Crippen LogP contribution < -0.4 is 0 Å². The van der Waals surface area contributed by atoms with Crippen LogP contribution in [0.1, 0.15) is 92.4 Å². The summed E-state index contributed by atoms with van der Waals surface area (Å²) in [6.45, 7) is 7.34. The number of hydrogen-bond acceptors (Lipinski definition) is 27. The zero-order valence-corrected chi connectivity index (χ0v) is 46.9. The van der Waals surface area contributed by atoms with Gasteiger partial charge in [0.05, 0.1) is 56.8 Å². The van der Waals surface area contributed by atoms with Crippen LogP contribution in [-0.2, 0) is 61.6 Å². The fourth-order valence-corrected chi connectivity index (χ4v) is 16.6. The molecule has 4 saturated carbocycles. The number of rotatable bonds is 12. The van der Waals surface area contributed by atoms with Crippen molar-refractivity contribution in [3.63, 3.8) is 0 Å². The standard InChI is InChI=1S/C55H88O27/c1-20-8-11-54(73-17-20)22(3)55(70)33(82-54)14-27-25-7-6-23-12-24(9-10-52(23,4)26(25)13-32(60)53(27,55)5)75-50-45(80-49-41(68)38(65)34(61)21(2)74-49)42(69)43(31(16-57)77-50)78-51-46(81-48-40(67)36(63)29(59)19-72-48)44(37(64)30(15-56)76-51)79-47-39(66)35(62)28(58)18-71-47/h20-31,33-51,56-59,61-70H,6-19H2,1-5H3/t20-,21-,22+,23?,24-,25+,26-,27-,28+,29-,30+,31+,33-,34-,35-,36-,37+,38+,39+,40+,41+,42-,43-,44-,45+,46+,47-,48-,49-,50+,51-,52-,53+,54+,55+/m0/s1. The minimum atomic E-state index is -1.97. The Labute approximate surface area is 474 Å². The number of Topliss-reactive ketones (excluding diaryl/α,β-unsaturated/α-hetero) is 1. The lowest BCUT2D eigenvalue weighted by atomic mass is 9.43. The van der Waals surface area contributed by atoms with Crippen LogP contribution in [0.2, 0.25) is 0 Å². The Morgan fingerprint density at radius 2 is 1.15 bits per heavy atom. The Morgan fingerprint density at radius 3 is 1.78 bits per heavy atom. The van der Waals surface area contributed by atoms with Crippen molar-refractivity contribution in [3.05, 3.63) is 0 Å². The van der Waals surface area contributed by atoms with E-state index in [9.17, 15) is 76.3 Å². The lowest BCUT2D eigenvalue weighted by molar-refractivity contribution is -0.408. The molecule has 7 saturated heterocycles. The van der Waals surface area contributed by atoms with Gasteiger partial charge in [0, 0.05) is 18.8 Å². The molecular weight excluding hydrogens is 1090 g/mol. The summed E-state index contributed by atoms with van der Waals surface area (Å²) in [7, 11) is 0. The van der Waals surface area contributed by atoms with Crippen molar-refractivity contribution in [2.24, 2.45) is 46.3 Å². The van der Waals surface area contributed by atoms with Crippen LogP contribution in [-0.4, -0.2) is 275 Å². The molecular formula is C55H88O27. The first-order chi connectivity index (χ1) is 38.8. The number of hydrogen-bond donors (Lipinski definition) is 14. The lowest BCUT2D eigenvalue weighted by Crippen LogP contribution is -2.68. The lowest BCUT2D eigenvalue weighted by Gasteiger charge is -2.61. The minimum absolute atomic E-state index is 0.00108. The van der Waals surface area contributed by atoms with Gasteiger partial charge in [-0.2, -0.15) is 0 Å². The molecule has 0 radical (unpaired) electrons. The Balaban J connectivity index is 0.840. The summed E-state index contributed by atoms with van der Waals surface area (Å²) < 4.78 is 74.1. The zero-order valence-electron chi connectivity index (χ0n) is 46.9. The van der Waals surface area contributed by atoms with E-state index in [4.69, 9.17) is 56.8 Å². The molecule has 7 heterocycles. The van der Waals surface area contributed by atoms with Gasteiger partial charge in [-0.25, -0.2) is 0 Å². The van der Waals surface area contributed by atoms with E-state index >= 15 is 0 Å². The number of aliphatic hydroxyl groups is 14. The van der Waals surface area contributed by atoms with Crippen LogP contribution in [0, 0.1) is 46.3 Å². The van der Waals surface area contributed by atoms with Gasteiger partial charge in [-0.3, -0.25) is 4.79 Å². The maximum absolute atomic E-state index is 14.9. The van der Waals surface area contributed by atoms with Crippen molar-refractivity contribution in [2.45, 2.75) is 257 Å². The van der Waals surface area contributed by atoms with Crippen LogP contribution >= 0.6 is 0 Å². The molecule has 35 atom stereocenters. The number of carbonyl (C=O) groups is 1. The third-order valence-electron chi connectivity index (χ3n) is 21.8. The number of ketones is 1. The van der Waals surface area contributed by atoms with Gasteiger partial charge in [-0.15, -0.1) is 0 Å². The van der Waals surface area contributed by atoms with Gasteiger partial charge in [0.1, 0.15) is 115 Å². The quantitative estimate of drug-likeness (QED) is 0.0819. The molecule has 27 nitrogen and oxygen atoms in total. The van der Waals surface area contributed by atoms with Crippen molar-refractivity contribution in [1.82, 2.24) is 0 Å². The van der Waals surface area contributed by atoms with E-state index in [1.54, 1.807) is 0 Å². The van der Waals surface area contributed by atoms with Gasteiger partial charge >= 0.3 is 0 Å². The monoisotopic (exact) mass is 1180 g/mol. The summed E-state index contributed by atoms with van der Waals surface area (Å²) in [6.07, 6.45) is -35.7. The maximum Gasteiger partial charge on any atom is 0.187 e. The van der Waals surface area contributed by atoms with Gasteiger partial charge in [0.15, 0.2) is 37.2 Å². The van der Waals surface area contributed by atoms with Crippen LogP contribution in [0.5, 0.6) is 0 Å². The van der Waals surface area contributed by atoms with Crippen molar-refractivity contribution < 1.29 is 133 Å². The zero-order chi connectivity index (χ0) is 58.9. The summed E-state index contributed by atoms with van der Waals surface area (Å²) in [4.78, 5) is 14.9. The van der Waals surface area contributed by atoms with E-state index in [0.717, 1.165) is 19.3 Å². The van der Waals surface area contributed by atoms with Crippen molar-refractivity contribution in [1.29, 1.82) is 0 Å². The van der Waals surface area contributed by atoms with E-state index in [1.165, 1.54) is 6.92 Å². The number of fused-ring (bicyclic) bond motifs is 7. The molecule has 0 amide bonds. The van der Waals surface area contributed by atoms with E-state index in [1.807, 2.05) is 13.8 Å². The Hall–Kier alpha value is -1.37. The molecule has 1 spiro atoms. The second-order valence-corrected chi connectivity index (χ2v) is 26.2. The van der Waals surface area contributed by atoms with Crippen LogP contribution in [0.4, 0.5) is 0 Å². The van der Waals surface area contributed by atoms with Gasteiger partial charge in [0.2, 0.25) is 0 Å². The molecule has 4 aliphatic carbocycles.